The molecule has 0 fully saturated rings. The highest BCUT2D eigenvalue weighted by Gasteiger charge is 2.12. The molecule has 3 heteroatoms. The van der Waals surface area contributed by atoms with Crippen LogP contribution in [0.4, 0.5) is 0 Å². The van der Waals surface area contributed by atoms with Crippen molar-refractivity contribution in [2.24, 2.45) is 0 Å². The summed E-state index contributed by atoms with van der Waals surface area (Å²) in [6.07, 6.45) is 7.22. The van der Waals surface area contributed by atoms with Crippen LogP contribution in [0.3, 0.4) is 0 Å². The standard InChI is InChI=1S/C45H31N3/c1-3-8-32(9-4-1)38-12-7-13-39(26-38)42-28-40(33-10-5-2-6-11-33)27-41(29-42)34-14-16-35(17-15-34)43-30-44(36-18-22-46-23-19-36)48-45(31-43)37-20-24-47-25-21-37/h1-31H. The molecule has 0 saturated heterocycles. The Morgan fingerprint density at radius 2 is 0.562 bits per heavy atom. The van der Waals surface area contributed by atoms with E-state index in [0.717, 1.165) is 39.2 Å². The Morgan fingerprint density at radius 1 is 0.229 bits per heavy atom. The highest BCUT2D eigenvalue weighted by molar-refractivity contribution is 5.84. The van der Waals surface area contributed by atoms with E-state index < -0.39 is 0 Å². The Labute approximate surface area is 280 Å². The smallest absolute Gasteiger partial charge is 0.0716 e. The van der Waals surface area contributed by atoms with Crippen molar-refractivity contribution in [3.8, 4) is 78.1 Å². The summed E-state index contributed by atoms with van der Waals surface area (Å²) in [5.41, 5.74) is 15.6. The summed E-state index contributed by atoms with van der Waals surface area (Å²) in [5, 5.41) is 0. The molecule has 0 spiro atoms. The van der Waals surface area contributed by atoms with Crippen molar-refractivity contribution in [2.75, 3.05) is 0 Å². The maximum absolute atomic E-state index is 5.01. The van der Waals surface area contributed by atoms with Gasteiger partial charge in [0.25, 0.3) is 0 Å². The molecule has 0 amide bonds. The van der Waals surface area contributed by atoms with E-state index in [2.05, 4.69) is 149 Å². The summed E-state index contributed by atoms with van der Waals surface area (Å²) in [7, 11) is 0. The number of aromatic nitrogens is 3. The molecule has 0 saturated carbocycles. The lowest BCUT2D eigenvalue weighted by atomic mass is 9.91. The van der Waals surface area contributed by atoms with Gasteiger partial charge in [0.15, 0.2) is 0 Å². The molecule has 3 aromatic heterocycles. The van der Waals surface area contributed by atoms with E-state index in [1.165, 1.54) is 38.9 Å². The molecule has 5 aromatic carbocycles. The topological polar surface area (TPSA) is 38.7 Å². The van der Waals surface area contributed by atoms with Crippen LogP contribution in [0.15, 0.2) is 189 Å². The first-order valence-corrected chi connectivity index (χ1v) is 16.1. The van der Waals surface area contributed by atoms with Crippen LogP contribution in [0.2, 0.25) is 0 Å². The van der Waals surface area contributed by atoms with Gasteiger partial charge in [0, 0.05) is 35.9 Å². The fourth-order valence-electron chi connectivity index (χ4n) is 6.16. The SMILES string of the molecule is c1ccc(-c2cccc(-c3cc(-c4ccccc4)cc(-c4ccc(-c5cc(-c6ccncc6)nc(-c6ccncc6)c5)cc4)c3)c2)cc1. The van der Waals surface area contributed by atoms with E-state index in [4.69, 9.17) is 4.98 Å². The summed E-state index contributed by atoms with van der Waals surface area (Å²) in [6, 6.07) is 58.1. The predicted octanol–water partition coefficient (Wildman–Crippen LogP) is 11.5. The monoisotopic (exact) mass is 613 g/mol. The number of rotatable bonds is 7. The van der Waals surface area contributed by atoms with Gasteiger partial charge in [-0.25, -0.2) is 4.98 Å². The molecule has 3 heterocycles. The van der Waals surface area contributed by atoms with Crippen molar-refractivity contribution in [2.45, 2.75) is 0 Å². The molecule has 0 unspecified atom stereocenters. The molecular weight excluding hydrogens is 583 g/mol. The number of nitrogens with zero attached hydrogens (tertiary/aromatic N) is 3. The lowest BCUT2D eigenvalue weighted by molar-refractivity contribution is 1.27. The first-order valence-electron chi connectivity index (χ1n) is 16.1. The van der Waals surface area contributed by atoms with Crippen LogP contribution in [0.1, 0.15) is 0 Å². The van der Waals surface area contributed by atoms with Gasteiger partial charge in [0.2, 0.25) is 0 Å². The molecule has 0 bridgehead atoms. The second-order valence-corrected chi connectivity index (χ2v) is 11.8. The van der Waals surface area contributed by atoms with Crippen molar-refractivity contribution < 1.29 is 0 Å². The number of benzene rings is 5. The average Bonchev–Trinajstić information content (AvgIpc) is 3.19. The lowest BCUT2D eigenvalue weighted by Gasteiger charge is -2.13. The number of hydrogen-bond acceptors (Lipinski definition) is 3. The summed E-state index contributed by atoms with van der Waals surface area (Å²) in [6.45, 7) is 0. The minimum Gasteiger partial charge on any atom is -0.265 e. The van der Waals surface area contributed by atoms with Crippen molar-refractivity contribution in [3.05, 3.63) is 189 Å². The summed E-state index contributed by atoms with van der Waals surface area (Å²) in [5.74, 6) is 0. The van der Waals surface area contributed by atoms with E-state index in [1.54, 1.807) is 24.8 Å². The second-order valence-electron chi connectivity index (χ2n) is 11.8. The molecule has 3 nitrogen and oxygen atoms in total. The molecule has 0 aliphatic heterocycles. The zero-order chi connectivity index (χ0) is 32.1. The molecule has 226 valence electrons. The fourth-order valence-corrected chi connectivity index (χ4v) is 6.16. The summed E-state index contributed by atoms with van der Waals surface area (Å²) < 4.78 is 0. The largest absolute Gasteiger partial charge is 0.265 e. The van der Waals surface area contributed by atoms with E-state index in [0.29, 0.717) is 0 Å². The molecule has 0 atom stereocenters. The van der Waals surface area contributed by atoms with Gasteiger partial charge >= 0.3 is 0 Å². The number of hydrogen-bond donors (Lipinski definition) is 0. The van der Waals surface area contributed by atoms with Crippen molar-refractivity contribution in [3.63, 3.8) is 0 Å². The second kappa shape index (κ2) is 13.1. The van der Waals surface area contributed by atoms with Crippen LogP contribution < -0.4 is 0 Å². The quantitative estimate of drug-likeness (QED) is 0.179. The van der Waals surface area contributed by atoms with Crippen LogP contribution in [-0.2, 0) is 0 Å². The van der Waals surface area contributed by atoms with Crippen LogP contribution in [0, 0.1) is 0 Å². The Morgan fingerprint density at radius 3 is 1.04 bits per heavy atom. The van der Waals surface area contributed by atoms with E-state index in [1.807, 2.05) is 24.3 Å². The summed E-state index contributed by atoms with van der Waals surface area (Å²) >= 11 is 0. The molecule has 0 aliphatic carbocycles. The van der Waals surface area contributed by atoms with Crippen molar-refractivity contribution in [1.29, 1.82) is 0 Å². The van der Waals surface area contributed by atoms with Gasteiger partial charge in [-0.2, -0.15) is 0 Å². The minimum atomic E-state index is 0.906. The Bertz CT molecular complexity index is 2240. The Kier molecular flexibility index (Phi) is 7.92. The van der Waals surface area contributed by atoms with Gasteiger partial charge in [-0.05, 0) is 116 Å². The van der Waals surface area contributed by atoms with E-state index in [-0.39, 0.29) is 0 Å². The van der Waals surface area contributed by atoms with E-state index >= 15 is 0 Å². The molecule has 48 heavy (non-hydrogen) atoms. The zero-order valence-corrected chi connectivity index (χ0v) is 26.2. The third-order valence-electron chi connectivity index (χ3n) is 8.67. The highest BCUT2D eigenvalue weighted by Crippen LogP contribution is 2.36. The Hall–Kier alpha value is -6.45. The molecule has 8 aromatic rings. The zero-order valence-electron chi connectivity index (χ0n) is 26.2. The Balaban J connectivity index is 1.20. The average molecular weight is 614 g/mol. The minimum absolute atomic E-state index is 0.906. The van der Waals surface area contributed by atoms with Crippen molar-refractivity contribution in [1.82, 2.24) is 15.0 Å². The highest BCUT2D eigenvalue weighted by atomic mass is 14.7. The summed E-state index contributed by atoms with van der Waals surface area (Å²) in [4.78, 5) is 13.4. The third kappa shape index (κ3) is 6.18. The first kappa shape index (κ1) is 29.0. The maximum atomic E-state index is 5.01. The van der Waals surface area contributed by atoms with Crippen LogP contribution in [0.25, 0.3) is 78.1 Å². The maximum Gasteiger partial charge on any atom is 0.0716 e. The number of pyridine rings is 3. The normalized spacial score (nSPS) is 10.9. The molecular formula is C45H31N3. The third-order valence-corrected chi connectivity index (χ3v) is 8.67. The van der Waals surface area contributed by atoms with E-state index in [9.17, 15) is 0 Å². The van der Waals surface area contributed by atoms with Gasteiger partial charge in [-0.1, -0.05) is 103 Å². The lowest BCUT2D eigenvalue weighted by Crippen LogP contribution is -1.92. The fraction of sp³-hybridized carbons (Fsp3) is 0. The van der Waals surface area contributed by atoms with Crippen molar-refractivity contribution >= 4 is 0 Å². The molecule has 0 aliphatic rings. The van der Waals surface area contributed by atoms with Crippen LogP contribution >= 0.6 is 0 Å². The van der Waals surface area contributed by atoms with Crippen LogP contribution in [-0.4, -0.2) is 15.0 Å². The van der Waals surface area contributed by atoms with Crippen LogP contribution in [0.5, 0.6) is 0 Å². The van der Waals surface area contributed by atoms with Gasteiger partial charge in [0.1, 0.15) is 0 Å². The molecule has 0 radical (unpaired) electrons. The molecule has 0 N–H and O–H groups in total. The van der Waals surface area contributed by atoms with Gasteiger partial charge in [-0.3, -0.25) is 9.97 Å². The predicted molar refractivity (Wildman–Crippen MR) is 198 cm³/mol. The first-order chi connectivity index (χ1) is 23.8. The van der Waals surface area contributed by atoms with Gasteiger partial charge in [0.05, 0.1) is 11.4 Å². The molecule has 8 rings (SSSR count). The van der Waals surface area contributed by atoms with Gasteiger partial charge < -0.3 is 0 Å². The van der Waals surface area contributed by atoms with Gasteiger partial charge in [-0.15, -0.1) is 0 Å².